The number of hydrogen-bond acceptors (Lipinski definition) is 4. The Kier molecular flexibility index (Phi) is 4.64. The van der Waals surface area contributed by atoms with E-state index in [1.54, 1.807) is 6.92 Å². The normalized spacial score (nSPS) is 30.9. The molecule has 2 saturated carbocycles. The first-order valence-electron chi connectivity index (χ1n) is 8.26. The summed E-state index contributed by atoms with van der Waals surface area (Å²) in [7, 11) is -5.36. The van der Waals surface area contributed by atoms with Crippen molar-refractivity contribution < 1.29 is 17.4 Å². The Hall–Kier alpha value is -0.643. The largest absolute Gasteiger partial charge is 0.299 e. The summed E-state index contributed by atoms with van der Waals surface area (Å²) < 4.78 is 30.3. The Balaban J connectivity index is 2.15. The van der Waals surface area contributed by atoms with Gasteiger partial charge < -0.3 is 0 Å². The quantitative estimate of drug-likeness (QED) is 0.441. The van der Waals surface area contributed by atoms with Crippen molar-refractivity contribution in [2.45, 2.75) is 65.8 Å². The third kappa shape index (κ3) is 3.57. The maximum atomic E-state index is 12.5. The van der Waals surface area contributed by atoms with Crippen LogP contribution in [-0.2, 0) is 19.1 Å². The standard InChI is InChI=1S/C17H28O4SSi/c1-13(8-10-23(4,5)6)21-22(19,20)12-17-9-7-14(11-15(17)18)16(17,2)3/h13-14H,7,9,11-12H2,1-6H3/t13-,14?,17?/m0/s1. The van der Waals surface area contributed by atoms with Gasteiger partial charge in [-0.3, -0.25) is 8.98 Å². The predicted octanol–water partition coefficient (Wildman–Crippen LogP) is 3.00. The fraction of sp³-hybridized carbons (Fsp3) is 0.824. The lowest BCUT2D eigenvalue weighted by molar-refractivity contribution is -0.128. The minimum absolute atomic E-state index is 0.0896. The summed E-state index contributed by atoms with van der Waals surface area (Å²) in [5.41, 5.74) is 2.08. The number of carbonyl (C=O) groups excluding carboxylic acids is 1. The Morgan fingerprint density at radius 2 is 1.96 bits per heavy atom. The van der Waals surface area contributed by atoms with Crippen molar-refractivity contribution in [1.82, 2.24) is 0 Å². The molecule has 0 aromatic carbocycles. The van der Waals surface area contributed by atoms with Gasteiger partial charge in [0.25, 0.3) is 10.1 Å². The van der Waals surface area contributed by atoms with E-state index in [1.807, 2.05) is 13.8 Å². The van der Waals surface area contributed by atoms with Gasteiger partial charge in [-0.05, 0) is 31.1 Å². The highest BCUT2D eigenvalue weighted by atomic mass is 32.2. The van der Waals surface area contributed by atoms with Gasteiger partial charge in [-0.2, -0.15) is 8.42 Å². The summed E-state index contributed by atoms with van der Waals surface area (Å²) in [4.78, 5) is 12.5. The lowest BCUT2D eigenvalue weighted by Crippen LogP contribution is -2.43. The number of carbonyl (C=O) groups is 1. The summed E-state index contributed by atoms with van der Waals surface area (Å²) in [6.45, 7) is 12.0. The van der Waals surface area contributed by atoms with Gasteiger partial charge in [0.15, 0.2) is 0 Å². The molecule has 23 heavy (non-hydrogen) atoms. The van der Waals surface area contributed by atoms with E-state index in [1.165, 1.54) is 0 Å². The second kappa shape index (κ2) is 5.71. The molecule has 0 aliphatic heterocycles. The summed E-state index contributed by atoms with van der Waals surface area (Å²) in [6.07, 6.45) is 1.42. The molecule has 130 valence electrons. The Bertz CT molecular complexity index is 663. The van der Waals surface area contributed by atoms with Crippen LogP contribution in [0.5, 0.6) is 0 Å². The second-order valence-electron chi connectivity index (χ2n) is 8.63. The van der Waals surface area contributed by atoms with Crippen LogP contribution in [0.15, 0.2) is 0 Å². The van der Waals surface area contributed by atoms with Gasteiger partial charge in [0.05, 0.1) is 11.2 Å². The van der Waals surface area contributed by atoms with Crippen LogP contribution >= 0.6 is 0 Å². The molecule has 0 heterocycles. The second-order valence-corrected chi connectivity index (χ2v) is 15.0. The topological polar surface area (TPSA) is 60.4 Å². The van der Waals surface area contributed by atoms with Crippen LogP contribution in [0.25, 0.3) is 0 Å². The lowest BCUT2D eigenvalue weighted by Gasteiger charge is -2.35. The van der Waals surface area contributed by atoms with E-state index in [2.05, 4.69) is 31.1 Å². The molecule has 2 unspecified atom stereocenters. The molecule has 0 spiro atoms. The molecule has 3 atom stereocenters. The molecule has 4 nitrogen and oxygen atoms in total. The molecule has 2 aliphatic carbocycles. The van der Waals surface area contributed by atoms with Gasteiger partial charge in [-0.25, -0.2) is 0 Å². The zero-order valence-electron chi connectivity index (χ0n) is 15.0. The monoisotopic (exact) mass is 356 g/mol. The van der Waals surface area contributed by atoms with Gasteiger partial charge in [0.2, 0.25) is 0 Å². The molecule has 6 heteroatoms. The van der Waals surface area contributed by atoms with Crippen molar-refractivity contribution in [2.75, 3.05) is 5.75 Å². The van der Waals surface area contributed by atoms with Crippen LogP contribution < -0.4 is 0 Å². The summed E-state index contributed by atoms with van der Waals surface area (Å²) >= 11 is 0. The summed E-state index contributed by atoms with van der Waals surface area (Å²) in [6, 6.07) is 0. The third-order valence-corrected chi connectivity index (χ3v) is 7.83. The maximum absolute atomic E-state index is 12.5. The van der Waals surface area contributed by atoms with Crippen LogP contribution in [0.3, 0.4) is 0 Å². The Labute approximate surface area is 141 Å². The van der Waals surface area contributed by atoms with E-state index in [0.29, 0.717) is 18.8 Å². The fourth-order valence-electron chi connectivity index (χ4n) is 4.01. The first-order valence-corrected chi connectivity index (χ1v) is 13.3. The first-order chi connectivity index (χ1) is 10.3. The number of ketones is 1. The van der Waals surface area contributed by atoms with Gasteiger partial charge in [0.1, 0.15) is 20.0 Å². The average Bonchev–Trinajstić information content (AvgIpc) is 2.68. The summed E-state index contributed by atoms with van der Waals surface area (Å²) in [5, 5.41) is 0. The zero-order valence-corrected chi connectivity index (χ0v) is 16.8. The highest BCUT2D eigenvalue weighted by Crippen LogP contribution is 2.64. The predicted molar refractivity (Wildman–Crippen MR) is 94.0 cm³/mol. The highest BCUT2D eigenvalue weighted by Gasteiger charge is 2.65. The molecule has 2 aliphatic rings. The summed E-state index contributed by atoms with van der Waals surface area (Å²) in [5.74, 6) is 3.08. The SMILES string of the molecule is C[C@@H](C#C[Si](C)(C)C)OS(=O)(=O)CC12CCC(CC1=O)C2(C)C. The molecular formula is C17H28O4SSi. The van der Waals surface area contributed by atoms with Crippen LogP contribution in [0.1, 0.15) is 40.0 Å². The molecule has 0 N–H and O–H groups in total. The van der Waals surface area contributed by atoms with Crippen molar-refractivity contribution in [1.29, 1.82) is 0 Å². The molecule has 0 amide bonds. The molecule has 2 fully saturated rings. The molecule has 0 aromatic rings. The highest BCUT2D eigenvalue weighted by molar-refractivity contribution is 7.86. The fourth-order valence-corrected chi connectivity index (χ4v) is 6.48. The molecule has 0 radical (unpaired) electrons. The van der Waals surface area contributed by atoms with E-state index in [4.69, 9.17) is 4.18 Å². The molecule has 2 rings (SSSR count). The van der Waals surface area contributed by atoms with Gasteiger partial charge in [-0.15, -0.1) is 5.54 Å². The third-order valence-electron chi connectivity index (χ3n) is 5.50. The molecule has 0 aromatic heterocycles. The van der Waals surface area contributed by atoms with E-state index in [9.17, 15) is 13.2 Å². The first kappa shape index (κ1) is 18.7. The lowest BCUT2D eigenvalue weighted by atomic mass is 9.70. The van der Waals surface area contributed by atoms with Gasteiger partial charge in [0, 0.05) is 6.42 Å². The van der Waals surface area contributed by atoms with Gasteiger partial charge in [-0.1, -0.05) is 39.4 Å². The minimum Gasteiger partial charge on any atom is -0.299 e. The van der Waals surface area contributed by atoms with E-state index >= 15 is 0 Å². The van der Waals surface area contributed by atoms with Crippen LogP contribution in [0, 0.1) is 28.2 Å². The van der Waals surface area contributed by atoms with Crippen LogP contribution in [0.2, 0.25) is 19.6 Å². The van der Waals surface area contributed by atoms with Crippen molar-refractivity contribution in [3.8, 4) is 11.5 Å². The Morgan fingerprint density at radius 1 is 1.35 bits per heavy atom. The molecular weight excluding hydrogens is 328 g/mol. The van der Waals surface area contributed by atoms with E-state index < -0.39 is 29.7 Å². The van der Waals surface area contributed by atoms with E-state index in [0.717, 1.165) is 6.42 Å². The van der Waals surface area contributed by atoms with Crippen molar-refractivity contribution in [2.24, 2.45) is 16.7 Å². The Morgan fingerprint density at radius 3 is 2.39 bits per heavy atom. The number of hydrogen-bond donors (Lipinski definition) is 0. The number of fused-ring (bicyclic) bond motifs is 2. The van der Waals surface area contributed by atoms with Crippen molar-refractivity contribution in [3.05, 3.63) is 0 Å². The van der Waals surface area contributed by atoms with Crippen molar-refractivity contribution >= 4 is 24.0 Å². The maximum Gasteiger partial charge on any atom is 0.269 e. The van der Waals surface area contributed by atoms with Crippen LogP contribution in [0.4, 0.5) is 0 Å². The number of Topliss-reactive ketones (excluding diaryl/α,β-unsaturated/α-hetero) is 1. The van der Waals surface area contributed by atoms with Crippen LogP contribution in [-0.4, -0.2) is 34.1 Å². The average molecular weight is 357 g/mol. The molecule has 2 bridgehead atoms. The zero-order chi connectivity index (χ0) is 17.7. The number of rotatable bonds is 4. The van der Waals surface area contributed by atoms with Crippen molar-refractivity contribution in [3.63, 3.8) is 0 Å². The van der Waals surface area contributed by atoms with E-state index in [-0.39, 0.29) is 17.0 Å². The van der Waals surface area contributed by atoms with Gasteiger partial charge >= 0.3 is 0 Å². The molecule has 0 saturated heterocycles. The minimum atomic E-state index is -3.79. The smallest absolute Gasteiger partial charge is 0.269 e.